The van der Waals surface area contributed by atoms with Crippen molar-refractivity contribution in [3.8, 4) is 11.1 Å². The lowest BCUT2D eigenvalue weighted by Crippen LogP contribution is -2.50. The van der Waals surface area contributed by atoms with Gasteiger partial charge in [-0.3, -0.25) is 19.3 Å². The third-order valence-corrected chi connectivity index (χ3v) is 7.12. The summed E-state index contributed by atoms with van der Waals surface area (Å²) in [6.07, 6.45) is 1.86. The zero-order valence-electron chi connectivity index (χ0n) is 18.5. The number of hydrogen-bond donors (Lipinski definition) is 0. The first-order chi connectivity index (χ1) is 15.5. The number of imide groups is 1. The summed E-state index contributed by atoms with van der Waals surface area (Å²) >= 11 is 0. The van der Waals surface area contributed by atoms with E-state index in [2.05, 4.69) is 4.90 Å². The highest BCUT2D eigenvalue weighted by Crippen LogP contribution is 2.44. The minimum atomic E-state index is -1.10. The van der Waals surface area contributed by atoms with Gasteiger partial charge in [-0.05, 0) is 36.6 Å². The summed E-state index contributed by atoms with van der Waals surface area (Å²) in [5, 5.41) is 0. The molecule has 5 rings (SSSR count). The van der Waals surface area contributed by atoms with Gasteiger partial charge >= 0.3 is 0 Å². The van der Waals surface area contributed by atoms with Gasteiger partial charge in [-0.1, -0.05) is 54.6 Å². The highest BCUT2D eigenvalue weighted by molar-refractivity contribution is 6.11. The van der Waals surface area contributed by atoms with Crippen LogP contribution >= 0.6 is 0 Å². The van der Waals surface area contributed by atoms with Gasteiger partial charge in [-0.2, -0.15) is 0 Å². The summed E-state index contributed by atoms with van der Waals surface area (Å²) in [4.78, 5) is 45.4. The van der Waals surface area contributed by atoms with Crippen LogP contribution in [0, 0.1) is 0 Å². The zero-order chi connectivity index (χ0) is 22.3. The van der Waals surface area contributed by atoms with Crippen molar-refractivity contribution in [3.05, 3.63) is 60.2 Å². The first-order valence-corrected chi connectivity index (χ1v) is 11.5. The molecule has 0 radical (unpaired) electrons. The molecule has 0 unspecified atom stereocenters. The van der Waals surface area contributed by atoms with Crippen LogP contribution in [0.25, 0.3) is 11.1 Å². The molecule has 166 valence electrons. The van der Waals surface area contributed by atoms with E-state index in [4.69, 9.17) is 0 Å². The van der Waals surface area contributed by atoms with Gasteiger partial charge in [0.1, 0.15) is 0 Å². The number of carbonyl (C=O) groups is 3. The van der Waals surface area contributed by atoms with Crippen LogP contribution in [0.5, 0.6) is 0 Å². The standard InChI is InChI=1S/C26H29N3O3/c1-27-13-15-28(16-14-27)23(30)17-26(18-24(31)29(25(26)32)22-11-12-22)21-9-7-20(8-10-21)19-5-3-2-4-6-19/h2-10,22H,11-18H2,1H3/t26-/m0/s1. The lowest BCUT2D eigenvalue weighted by molar-refractivity contribution is -0.143. The molecule has 0 bridgehead atoms. The first-order valence-electron chi connectivity index (χ1n) is 11.5. The van der Waals surface area contributed by atoms with Crippen molar-refractivity contribution in [1.82, 2.24) is 14.7 Å². The fourth-order valence-corrected chi connectivity index (χ4v) is 4.97. The van der Waals surface area contributed by atoms with Crippen LogP contribution in [0.1, 0.15) is 31.2 Å². The second-order valence-electron chi connectivity index (χ2n) is 9.36. The maximum Gasteiger partial charge on any atom is 0.241 e. The molecule has 3 aliphatic rings. The fraction of sp³-hybridized carbons (Fsp3) is 0.423. The Balaban J connectivity index is 1.47. The van der Waals surface area contributed by atoms with E-state index in [1.807, 2.05) is 66.5 Å². The Morgan fingerprint density at radius 2 is 1.53 bits per heavy atom. The third kappa shape index (κ3) is 3.73. The molecule has 6 nitrogen and oxygen atoms in total. The second kappa shape index (κ2) is 8.17. The molecule has 3 fully saturated rings. The molecule has 32 heavy (non-hydrogen) atoms. The van der Waals surface area contributed by atoms with Gasteiger partial charge in [0.15, 0.2) is 0 Å². The molecule has 6 heteroatoms. The average molecular weight is 432 g/mol. The molecular weight excluding hydrogens is 402 g/mol. The van der Waals surface area contributed by atoms with E-state index in [9.17, 15) is 14.4 Å². The maximum absolute atomic E-state index is 13.7. The number of hydrogen-bond acceptors (Lipinski definition) is 4. The van der Waals surface area contributed by atoms with E-state index in [-0.39, 0.29) is 36.6 Å². The Morgan fingerprint density at radius 3 is 2.16 bits per heavy atom. The summed E-state index contributed by atoms with van der Waals surface area (Å²) < 4.78 is 0. The van der Waals surface area contributed by atoms with Gasteiger partial charge in [0, 0.05) is 45.1 Å². The molecule has 2 aromatic carbocycles. The Hall–Kier alpha value is -2.99. The van der Waals surface area contributed by atoms with Crippen molar-refractivity contribution in [2.75, 3.05) is 33.2 Å². The predicted octanol–water partition coefficient (Wildman–Crippen LogP) is 2.68. The van der Waals surface area contributed by atoms with Crippen molar-refractivity contribution >= 4 is 17.7 Å². The van der Waals surface area contributed by atoms with Crippen LogP contribution in [0.15, 0.2) is 54.6 Å². The molecule has 2 aliphatic heterocycles. The number of likely N-dealkylation sites (tertiary alicyclic amines) is 1. The summed E-state index contributed by atoms with van der Waals surface area (Å²) in [5.41, 5.74) is 1.80. The van der Waals surface area contributed by atoms with Crippen molar-refractivity contribution in [1.29, 1.82) is 0 Å². The van der Waals surface area contributed by atoms with Crippen molar-refractivity contribution in [2.45, 2.75) is 37.1 Å². The number of amides is 3. The molecule has 1 atom stereocenters. The van der Waals surface area contributed by atoms with Crippen molar-refractivity contribution in [3.63, 3.8) is 0 Å². The molecule has 2 aromatic rings. The normalized spacial score (nSPS) is 24.3. The number of benzene rings is 2. The summed E-state index contributed by atoms with van der Waals surface area (Å²) in [7, 11) is 2.05. The number of rotatable bonds is 5. The molecule has 1 saturated carbocycles. The zero-order valence-corrected chi connectivity index (χ0v) is 18.5. The number of piperazine rings is 1. The van der Waals surface area contributed by atoms with E-state index in [1.54, 1.807) is 0 Å². The largest absolute Gasteiger partial charge is 0.340 e. The smallest absolute Gasteiger partial charge is 0.241 e. The Kier molecular flexibility index (Phi) is 5.33. The van der Waals surface area contributed by atoms with Gasteiger partial charge in [0.05, 0.1) is 5.41 Å². The van der Waals surface area contributed by atoms with Crippen molar-refractivity contribution < 1.29 is 14.4 Å². The lowest BCUT2D eigenvalue weighted by atomic mass is 9.75. The van der Waals surface area contributed by atoms with E-state index in [0.29, 0.717) is 13.1 Å². The summed E-state index contributed by atoms with van der Waals surface area (Å²) in [6, 6.07) is 17.9. The SMILES string of the molecule is CN1CCN(C(=O)C[C@@]2(c3ccc(-c4ccccc4)cc3)CC(=O)N(C3CC3)C2=O)CC1. The molecule has 2 saturated heterocycles. The van der Waals surface area contributed by atoms with Gasteiger partial charge in [0.25, 0.3) is 0 Å². The first kappa shape index (κ1) is 20.9. The Labute approximate surface area is 188 Å². The number of likely N-dealkylation sites (N-methyl/N-ethyl adjacent to an activating group) is 1. The molecule has 0 N–H and O–H groups in total. The van der Waals surface area contributed by atoms with E-state index >= 15 is 0 Å². The maximum atomic E-state index is 13.7. The van der Waals surface area contributed by atoms with Crippen LogP contribution in [-0.4, -0.2) is 71.7 Å². The molecular formula is C26H29N3O3. The second-order valence-corrected chi connectivity index (χ2v) is 9.36. The van der Waals surface area contributed by atoms with Crippen molar-refractivity contribution in [2.24, 2.45) is 0 Å². The predicted molar refractivity (Wildman–Crippen MR) is 122 cm³/mol. The highest BCUT2D eigenvalue weighted by Gasteiger charge is 2.57. The van der Waals surface area contributed by atoms with E-state index in [0.717, 1.165) is 42.6 Å². The minimum Gasteiger partial charge on any atom is -0.340 e. The van der Waals surface area contributed by atoms with Crippen LogP contribution in [0.4, 0.5) is 0 Å². The molecule has 0 aromatic heterocycles. The van der Waals surface area contributed by atoms with Crippen LogP contribution in [0.2, 0.25) is 0 Å². The van der Waals surface area contributed by atoms with Gasteiger partial charge in [0.2, 0.25) is 17.7 Å². The molecule has 2 heterocycles. The molecule has 3 amide bonds. The summed E-state index contributed by atoms with van der Waals surface area (Å²) in [5.74, 6) is -0.375. The van der Waals surface area contributed by atoms with E-state index in [1.165, 1.54) is 4.90 Å². The monoisotopic (exact) mass is 431 g/mol. The quantitative estimate of drug-likeness (QED) is 0.683. The third-order valence-electron chi connectivity index (χ3n) is 7.12. The van der Waals surface area contributed by atoms with E-state index < -0.39 is 5.41 Å². The number of carbonyl (C=O) groups excluding carboxylic acids is 3. The topological polar surface area (TPSA) is 60.9 Å². The highest BCUT2D eigenvalue weighted by atomic mass is 16.2. The molecule has 1 aliphatic carbocycles. The van der Waals surface area contributed by atoms with Crippen LogP contribution < -0.4 is 0 Å². The van der Waals surface area contributed by atoms with Gasteiger partial charge < -0.3 is 9.80 Å². The van der Waals surface area contributed by atoms with Crippen LogP contribution in [-0.2, 0) is 19.8 Å². The Bertz CT molecular complexity index is 1020. The number of nitrogens with zero attached hydrogens (tertiary/aromatic N) is 3. The lowest BCUT2D eigenvalue weighted by Gasteiger charge is -2.35. The Morgan fingerprint density at radius 1 is 0.906 bits per heavy atom. The fourth-order valence-electron chi connectivity index (χ4n) is 4.97. The molecule has 0 spiro atoms. The minimum absolute atomic E-state index is 0.0132. The van der Waals surface area contributed by atoms with Crippen LogP contribution in [0.3, 0.4) is 0 Å². The average Bonchev–Trinajstić information content (AvgIpc) is 3.61. The summed E-state index contributed by atoms with van der Waals surface area (Å²) in [6.45, 7) is 2.97. The van der Waals surface area contributed by atoms with Gasteiger partial charge in [-0.15, -0.1) is 0 Å². The van der Waals surface area contributed by atoms with Gasteiger partial charge in [-0.25, -0.2) is 0 Å².